The molecule has 0 aliphatic carbocycles. The van der Waals surface area contributed by atoms with E-state index in [2.05, 4.69) is 47.4 Å². The third-order valence-electron chi connectivity index (χ3n) is 3.96. The topological polar surface area (TPSA) is 21.7 Å². The summed E-state index contributed by atoms with van der Waals surface area (Å²) in [6.45, 7) is 3.39. The molecule has 2 aliphatic heterocycles. The van der Waals surface area contributed by atoms with Crippen molar-refractivity contribution in [2.24, 2.45) is 0 Å². The van der Waals surface area contributed by atoms with Gasteiger partial charge in [0.15, 0.2) is 5.88 Å². The number of morpholine rings is 1. The van der Waals surface area contributed by atoms with Crippen LogP contribution < -0.4 is 4.74 Å². The Bertz CT molecular complexity index is 672. The number of benzene rings is 2. The Balaban J connectivity index is 1.66. The Morgan fingerprint density at radius 1 is 0.950 bits per heavy atom. The van der Waals surface area contributed by atoms with Gasteiger partial charge in [0.2, 0.25) is 0 Å². The van der Waals surface area contributed by atoms with Gasteiger partial charge in [-0.1, -0.05) is 24.3 Å². The van der Waals surface area contributed by atoms with Crippen LogP contribution in [0.5, 0.6) is 5.75 Å². The predicted octanol–water partition coefficient (Wildman–Crippen LogP) is 2.95. The second-order valence-corrected chi connectivity index (χ2v) is 5.26. The van der Waals surface area contributed by atoms with Gasteiger partial charge < -0.3 is 14.4 Å². The van der Waals surface area contributed by atoms with Crippen molar-refractivity contribution in [2.75, 3.05) is 26.3 Å². The second-order valence-electron chi connectivity index (χ2n) is 5.26. The van der Waals surface area contributed by atoms with Gasteiger partial charge >= 0.3 is 0 Å². The fourth-order valence-corrected chi connectivity index (χ4v) is 2.85. The van der Waals surface area contributed by atoms with Crippen LogP contribution in [0.25, 0.3) is 10.8 Å². The summed E-state index contributed by atoms with van der Waals surface area (Å²) in [6.07, 6.45) is 3.12. The number of rotatable bonds is 1. The van der Waals surface area contributed by atoms with Crippen molar-refractivity contribution in [2.45, 2.75) is 6.42 Å². The van der Waals surface area contributed by atoms with E-state index in [0.717, 1.165) is 44.4 Å². The highest BCUT2D eigenvalue weighted by atomic mass is 16.5. The number of nitrogens with zero attached hydrogens (tertiary/aromatic N) is 1. The molecule has 0 spiro atoms. The van der Waals surface area contributed by atoms with Gasteiger partial charge in [-0.3, -0.25) is 0 Å². The van der Waals surface area contributed by atoms with Crippen LogP contribution in [0.3, 0.4) is 0 Å². The summed E-state index contributed by atoms with van der Waals surface area (Å²) < 4.78 is 11.5. The maximum absolute atomic E-state index is 6.11. The monoisotopic (exact) mass is 267 g/mol. The van der Waals surface area contributed by atoms with E-state index in [1.807, 2.05) is 0 Å². The Labute approximate surface area is 118 Å². The van der Waals surface area contributed by atoms with Crippen molar-refractivity contribution in [3.63, 3.8) is 0 Å². The molecular formula is C17H17NO2. The minimum Gasteiger partial charge on any atom is -0.441 e. The summed E-state index contributed by atoms with van der Waals surface area (Å²) in [5.74, 6) is 1.98. The molecule has 2 aromatic rings. The Morgan fingerprint density at radius 2 is 1.70 bits per heavy atom. The van der Waals surface area contributed by atoms with Crippen LogP contribution in [0.4, 0.5) is 0 Å². The lowest BCUT2D eigenvalue weighted by Crippen LogP contribution is -2.38. The summed E-state index contributed by atoms with van der Waals surface area (Å²) in [6, 6.07) is 12.8. The highest BCUT2D eigenvalue weighted by molar-refractivity contribution is 5.85. The molecule has 0 atom stereocenters. The maximum atomic E-state index is 6.11. The van der Waals surface area contributed by atoms with Crippen molar-refractivity contribution < 1.29 is 9.47 Å². The molecule has 1 fully saturated rings. The van der Waals surface area contributed by atoms with E-state index in [-0.39, 0.29) is 0 Å². The van der Waals surface area contributed by atoms with Crippen LogP contribution in [0, 0.1) is 0 Å². The maximum Gasteiger partial charge on any atom is 0.192 e. The first-order valence-electron chi connectivity index (χ1n) is 7.12. The fraction of sp³-hybridized carbons (Fsp3) is 0.294. The molecule has 0 unspecified atom stereocenters. The number of hydrogen-bond donors (Lipinski definition) is 0. The van der Waals surface area contributed by atoms with Gasteiger partial charge in [-0.25, -0.2) is 0 Å². The normalized spacial score (nSPS) is 18.4. The van der Waals surface area contributed by atoms with E-state index < -0.39 is 0 Å². The van der Waals surface area contributed by atoms with Gasteiger partial charge in [0, 0.05) is 13.1 Å². The molecule has 2 aromatic carbocycles. The highest BCUT2D eigenvalue weighted by Crippen LogP contribution is 2.32. The first kappa shape index (κ1) is 11.8. The average molecular weight is 267 g/mol. The van der Waals surface area contributed by atoms with Gasteiger partial charge in [-0.2, -0.15) is 0 Å². The Hall–Kier alpha value is -2.00. The molecule has 3 nitrogen and oxygen atoms in total. The van der Waals surface area contributed by atoms with E-state index in [1.54, 1.807) is 0 Å². The van der Waals surface area contributed by atoms with Crippen LogP contribution in [-0.4, -0.2) is 31.2 Å². The molecule has 1 saturated heterocycles. The summed E-state index contributed by atoms with van der Waals surface area (Å²) in [4.78, 5) is 2.27. The largest absolute Gasteiger partial charge is 0.441 e. The molecular weight excluding hydrogens is 250 g/mol. The van der Waals surface area contributed by atoms with Crippen LogP contribution in [0.15, 0.2) is 48.4 Å². The predicted molar refractivity (Wildman–Crippen MR) is 78.8 cm³/mol. The summed E-state index contributed by atoms with van der Waals surface area (Å²) in [5, 5.41) is 2.51. The molecule has 0 radical (unpaired) electrons. The van der Waals surface area contributed by atoms with Gasteiger partial charge in [0.05, 0.1) is 13.2 Å². The lowest BCUT2D eigenvalue weighted by molar-refractivity contribution is 0.0339. The van der Waals surface area contributed by atoms with Gasteiger partial charge in [0.1, 0.15) is 5.75 Å². The average Bonchev–Trinajstić information content (AvgIpc) is 2.53. The van der Waals surface area contributed by atoms with Crippen LogP contribution in [-0.2, 0) is 11.2 Å². The minimum absolute atomic E-state index is 0.783. The second kappa shape index (κ2) is 4.84. The van der Waals surface area contributed by atoms with Crippen molar-refractivity contribution in [3.8, 4) is 5.75 Å². The standard InChI is InChI=1S/C17H17NO2/c1-2-4-14-12-16-15(11-13(14)3-1)5-6-17(20-16)18-7-9-19-10-8-18/h1-4,6,11-12H,5,7-10H2. The molecule has 0 bridgehead atoms. The molecule has 2 heterocycles. The molecule has 4 rings (SSSR count). The van der Waals surface area contributed by atoms with Crippen molar-refractivity contribution in [1.82, 2.24) is 4.90 Å². The smallest absolute Gasteiger partial charge is 0.192 e. The number of allylic oxidation sites excluding steroid dienone is 1. The molecule has 0 saturated carbocycles. The third-order valence-corrected chi connectivity index (χ3v) is 3.96. The van der Waals surface area contributed by atoms with Gasteiger partial charge in [-0.05, 0) is 41.0 Å². The zero-order valence-electron chi connectivity index (χ0n) is 11.3. The molecule has 0 aromatic heterocycles. The van der Waals surface area contributed by atoms with E-state index in [9.17, 15) is 0 Å². The molecule has 2 aliphatic rings. The first-order valence-corrected chi connectivity index (χ1v) is 7.12. The zero-order valence-corrected chi connectivity index (χ0v) is 11.3. The Morgan fingerprint density at radius 3 is 2.50 bits per heavy atom. The molecule has 0 amide bonds. The zero-order chi connectivity index (χ0) is 13.4. The Kier molecular flexibility index (Phi) is 2.85. The van der Waals surface area contributed by atoms with Crippen LogP contribution >= 0.6 is 0 Å². The van der Waals surface area contributed by atoms with E-state index >= 15 is 0 Å². The summed E-state index contributed by atoms with van der Waals surface area (Å²) in [7, 11) is 0. The SMILES string of the molecule is C1=C(N2CCOCC2)Oc2cc3ccccc3cc2C1. The van der Waals surface area contributed by atoms with Gasteiger partial charge in [-0.15, -0.1) is 0 Å². The first-order chi connectivity index (χ1) is 9.90. The fourth-order valence-electron chi connectivity index (χ4n) is 2.85. The van der Waals surface area contributed by atoms with E-state index in [4.69, 9.17) is 9.47 Å². The molecule has 20 heavy (non-hydrogen) atoms. The number of ether oxygens (including phenoxy) is 2. The van der Waals surface area contributed by atoms with E-state index in [1.165, 1.54) is 16.3 Å². The lowest BCUT2D eigenvalue weighted by atomic mass is 10.0. The summed E-state index contributed by atoms with van der Waals surface area (Å²) >= 11 is 0. The third kappa shape index (κ3) is 2.04. The van der Waals surface area contributed by atoms with Crippen molar-refractivity contribution in [1.29, 1.82) is 0 Å². The van der Waals surface area contributed by atoms with Gasteiger partial charge in [0.25, 0.3) is 0 Å². The van der Waals surface area contributed by atoms with Crippen molar-refractivity contribution >= 4 is 10.8 Å². The number of fused-ring (bicyclic) bond motifs is 2. The summed E-state index contributed by atoms with van der Waals surface area (Å²) in [5.41, 5.74) is 1.26. The quantitative estimate of drug-likeness (QED) is 0.793. The molecule has 0 N–H and O–H groups in total. The molecule has 102 valence electrons. The van der Waals surface area contributed by atoms with Crippen LogP contribution in [0.2, 0.25) is 0 Å². The van der Waals surface area contributed by atoms with Crippen molar-refractivity contribution in [3.05, 3.63) is 53.9 Å². The lowest BCUT2D eigenvalue weighted by Gasteiger charge is -2.32. The minimum atomic E-state index is 0.783. The van der Waals surface area contributed by atoms with Crippen LogP contribution in [0.1, 0.15) is 5.56 Å². The highest BCUT2D eigenvalue weighted by Gasteiger charge is 2.20. The number of hydrogen-bond acceptors (Lipinski definition) is 3. The van der Waals surface area contributed by atoms with E-state index in [0.29, 0.717) is 0 Å². The molecule has 3 heteroatoms.